The quantitative estimate of drug-likeness (QED) is 0.740. The molecule has 0 unspecified atom stereocenters. The van der Waals surface area contributed by atoms with E-state index in [1.807, 2.05) is 13.0 Å². The number of nitrogens with zero attached hydrogens (tertiary/aromatic N) is 4. The van der Waals surface area contributed by atoms with E-state index in [-0.39, 0.29) is 0 Å². The fourth-order valence-corrected chi connectivity index (χ4v) is 2.53. The summed E-state index contributed by atoms with van der Waals surface area (Å²) < 4.78 is 0. The molecule has 0 radical (unpaired) electrons. The molecule has 4 nitrogen and oxygen atoms in total. The van der Waals surface area contributed by atoms with Gasteiger partial charge in [0.05, 0.1) is 0 Å². The van der Waals surface area contributed by atoms with E-state index in [1.165, 1.54) is 12.8 Å². The minimum atomic E-state index is 0.575. The van der Waals surface area contributed by atoms with Crippen LogP contribution in [0.3, 0.4) is 0 Å². The first-order valence-electron chi connectivity index (χ1n) is 6.09. The molecule has 18 heavy (non-hydrogen) atoms. The fourth-order valence-electron chi connectivity index (χ4n) is 2.24. The van der Waals surface area contributed by atoms with Crippen molar-refractivity contribution < 1.29 is 0 Å². The molecule has 0 fully saturated rings. The highest BCUT2D eigenvalue weighted by Gasteiger charge is 2.17. The maximum absolute atomic E-state index is 6.24. The molecule has 0 bridgehead atoms. The average Bonchev–Trinajstić information content (AvgIpc) is 2.39. The van der Waals surface area contributed by atoms with Gasteiger partial charge in [-0.15, -0.1) is 0 Å². The third kappa shape index (κ3) is 2.08. The van der Waals surface area contributed by atoms with Crippen LogP contribution in [0, 0.1) is 6.92 Å². The van der Waals surface area contributed by atoms with E-state index in [0.29, 0.717) is 16.8 Å². The minimum Gasteiger partial charge on any atom is -0.242 e. The predicted molar refractivity (Wildman–Crippen MR) is 69.4 cm³/mol. The van der Waals surface area contributed by atoms with Crippen LogP contribution in [-0.2, 0) is 12.8 Å². The number of aromatic nitrogens is 4. The van der Waals surface area contributed by atoms with Gasteiger partial charge in [-0.1, -0.05) is 11.6 Å². The lowest BCUT2D eigenvalue weighted by molar-refractivity contribution is 0.663. The molecule has 0 amide bonds. The second kappa shape index (κ2) is 4.61. The summed E-state index contributed by atoms with van der Waals surface area (Å²) in [5, 5.41) is 0.575. The molecule has 1 aliphatic carbocycles. The zero-order valence-corrected chi connectivity index (χ0v) is 10.9. The lowest BCUT2D eigenvalue weighted by Crippen LogP contribution is -2.09. The largest absolute Gasteiger partial charge is 0.242 e. The maximum Gasteiger partial charge on any atom is 0.179 e. The molecular weight excluding hydrogens is 248 g/mol. The number of hydrogen-bond acceptors (Lipinski definition) is 4. The molecule has 0 N–H and O–H groups in total. The van der Waals surface area contributed by atoms with Crippen LogP contribution in [0.1, 0.15) is 29.9 Å². The van der Waals surface area contributed by atoms with E-state index < -0.39 is 0 Å². The van der Waals surface area contributed by atoms with Crippen molar-refractivity contribution in [3.63, 3.8) is 0 Å². The summed E-state index contributed by atoms with van der Waals surface area (Å²) in [6.07, 6.45) is 6.02. The molecule has 2 aromatic rings. The van der Waals surface area contributed by atoms with Gasteiger partial charge in [-0.3, -0.25) is 0 Å². The minimum absolute atomic E-state index is 0.575. The van der Waals surface area contributed by atoms with E-state index in [0.717, 1.165) is 29.8 Å². The summed E-state index contributed by atoms with van der Waals surface area (Å²) in [7, 11) is 0. The van der Waals surface area contributed by atoms with Gasteiger partial charge in [-0.25, -0.2) is 19.9 Å². The third-order valence-corrected chi connectivity index (χ3v) is 3.45. The summed E-state index contributed by atoms with van der Waals surface area (Å²) >= 11 is 6.24. The van der Waals surface area contributed by atoms with Gasteiger partial charge in [-0.05, 0) is 38.7 Å². The lowest BCUT2D eigenvalue weighted by Gasteiger charge is -2.16. The molecule has 1 aliphatic rings. The smallest absolute Gasteiger partial charge is 0.179 e. The van der Waals surface area contributed by atoms with E-state index in [1.54, 1.807) is 6.20 Å². The van der Waals surface area contributed by atoms with Gasteiger partial charge < -0.3 is 0 Å². The number of hydrogen-bond donors (Lipinski definition) is 0. The first-order chi connectivity index (χ1) is 8.74. The Labute approximate surface area is 110 Å². The topological polar surface area (TPSA) is 51.6 Å². The van der Waals surface area contributed by atoms with Crippen LogP contribution in [0.5, 0.6) is 0 Å². The number of rotatable bonds is 1. The molecule has 0 saturated carbocycles. The van der Waals surface area contributed by atoms with Crippen molar-refractivity contribution in [1.29, 1.82) is 0 Å². The van der Waals surface area contributed by atoms with E-state index in [2.05, 4.69) is 19.9 Å². The first kappa shape index (κ1) is 11.5. The Morgan fingerprint density at radius 1 is 1.11 bits per heavy atom. The zero-order chi connectivity index (χ0) is 12.5. The summed E-state index contributed by atoms with van der Waals surface area (Å²) in [6, 6.07) is 1.81. The van der Waals surface area contributed by atoms with Crippen molar-refractivity contribution >= 4 is 11.6 Å². The Morgan fingerprint density at radius 3 is 2.78 bits per heavy atom. The Hall–Kier alpha value is -1.55. The third-order valence-electron chi connectivity index (χ3n) is 3.14. The Morgan fingerprint density at radius 2 is 1.94 bits per heavy atom. The van der Waals surface area contributed by atoms with Gasteiger partial charge in [-0.2, -0.15) is 0 Å². The monoisotopic (exact) mass is 260 g/mol. The number of fused-ring (bicyclic) bond motifs is 1. The van der Waals surface area contributed by atoms with Crippen LogP contribution in [0.15, 0.2) is 12.3 Å². The molecular formula is C13H13ClN4. The Kier molecular flexibility index (Phi) is 2.96. The molecule has 2 aromatic heterocycles. The summed E-state index contributed by atoms with van der Waals surface area (Å²) in [5.41, 5.74) is 2.92. The van der Waals surface area contributed by atoms with Crippen molar-refractivity contribution in [3.8, 4) is 11.5 Å². The molecule has 0 saturated heterocycles. The molecule has 0 aliphatic heterocycles. The Bertz CT molecular complexity index is 598. The van der Waals surface area contributed by atoms with Gasteiger partial charge >= 0.3 is 0 Å². The van der Waals surface area contributed by atoms with E-state index in [9.17, 15) is 0 Å². The highest BCUT2D eigenvalue weighted by molar-refractivity contribution is 6.30. The van der Waals surface area contributed by atoms with Gasteiger partial charge in [0, 0.05) is 17.5 Å². The van der Waals surface area contributed by atoms with Crippen molar-refractivity contribution in [1.82, 2.24) is 19.9 Å². The number of halogens is 1. The molecule has 92 valence electrons. The summed E-state index contributed by atoms with van der Waals surface area (Å²) in [6.45, 7) is 1.85. The molecule has 2 heterocycles. The second-order valence-electron chi connectivity index (χ2n) is 4.46. The normalized spacial score (nSPS) is 14.3. The number of aryl methyl sites for hydroxylation is 2. The van der Waals surface area contributed by atoms with Crippen molar-refractivity contribution in [2.24, 2.45) is 0 Å². The second-order valence-corrected chi connectivity index (χ2v) is 4.82. The van der Waals surface area contributed by atoms with E-state index >= 15 is 0 Å². The summed E-state index contributed by atoms with van der Waals surface area (Å²) in [5.74, 6) is 1.32. The van der Waals surface area contributed by atoms with Crippen LogP contribution >= 0.6 is 11.6 Å². The van der Waals surface area contributed by atoms with Gasteiger partial charge in [0.15, 0.2) is 5.82 Å². The lowest BCUT2D eigenvalue weighted by atomic mass is 9.97. The standard InChI is InChI=1S/C13H13ClN4/c1-8-15-7-6-11(16-8)13-17-10-5-3-2-4-9(10)12(14)18-13/h6-7H,2-5H2,1H3. The van der Waals surface area contributed by atoms with Crippen molar-refractivity contribution in [2.75, 3.05) is 0 Å². The predicted octanol–water partition coefficient (Wildman–Crippen LogP) is 2.77. The van der Waals surface area contributed by atoms with Gasteiger partial charge in [0.1, 0.15) is 16.7 Å². The van der Waals surface area contributed by atoms with Crippen molar-refractivity contribution in [2.45, 2.75) is 32.6 Å². The van der Waals surface area contributed by atoms with Crippen LogP contribution in [0.25, 0.3) is 11.5 Å². The Balaban J connectivity index is 2.11. The van der Waals surface area contributed by atoms with Crippen molar-refractivity contribution in [3.05, 3.63) is 34.5 Å². The van der Waals surface area contributed by atoms with Gasteiger partial charge in [0.25, 0.3) is 0 Å². The highest BCUT2D eigenvalue weighted by Crippen LogP contribution is 2.27. The van der Waals surface area contributed by atoms with Crippen LogP contribution in [0.2, 0.25) is 5.15 Å². The van der Waals surface area contributed by atoms with E-state index in [4.69, 9.17) is 11.6 Å². The van der Waals surface area contributed by atoms with Crippen LogP contribution in [0.4, 0.5) is 0 Å². The molecule has 3 rings (SSSR count). The summed E-state index contributed by atoms with van der Waals surface area (Å²) in [4.78, 5) is 17.4. The zero-order valence-electron chi connectivity index (χ0n) is 10.1. The fraction of sp³-hybridized carbons (Fsp3) is 0.385. The maximum atomic E-state index is 6.24. The first-order valence-corrected chi connectivity index (χ1v) is 6.47. The molecule has 0 atom stereocenters. The average molecular weight is 261 g/mol. The molecule has 0 spiro atoms. The van der Waals surface area contributed by atoms with Gasteiger partial charge in [0.2, 0.25) is 0 Å². The SMILES string of the molecule is Cc1nccc(-c2nc(Cl)c3c(n2)CCCC3)n1. The molecule has 5 heteroatoms. The highest BCUT2D eigenvalue weighted by atomic mass is 35.5. The van der Waals surface area contributed by atoms with Crippen LogP contribution in [-0.4, -0.2) is 19.9 Å². The van der Waals surface area contributed by atoms with Crippen LogP contribution < -0.4 is 0 Å². The molecule has 0 aromatic carbocycles.